The molecular formula is C23H32N2O6. The van der Waals surface area contributed by atoms with Crippen molar-refractivity contribution < 1.29 is 29.3 Å². The molecule has 5 atom stereocenters. The van der Waals surface area contributed by atoms with Gasteiger partial charge in [0.15, 0.2) is 22.9 Å². The van der Waals surface area contributed by atoms with Gasteiger partial charge in [-0.05, 0) is 58.0 Å². The van der Waals surface area contributed by atoms with Crippen LogP contribution in [0.4, 0.5) is 5.69 Å². The Labute approximate surface area is 182 Å². The van der Waals surface area contributed by atoms with E-state index in [2.05, 4.69) is 4.90 Å². The van der Waals surface area contributed by atoms with E-state index in [0.717, 1.165) is 0 Å². The van der Waals surface area contributed by atoms with Crippen LogP contribution in [-0.2, 0) is 15.0 Å². The molecule has 8 nitrogen and oxygen atoms in total. The summed E-state index contributed by atoms with van der Waals surface area (Å²) in [5.41, 5.74) is -1.75. The molecule has 1 spiro atoms. The Morgan fingerprint density at radius 2 is 1.87 bits per heavy atom. The summed E-state index contributed by atoms with van der Waals surface area (Å²) in [6.45, 7) is 4.31. The van der Waals surface area contributed by atoms with Crippen LogP contribution in [-0.4, -0.2) is 78.9 Å². The monoisotopic (exact) mass is 432 g/mol. The molecule has 3 heterocycles. The predicted octanol–water partition coefficient (Wildman–Crippen LogP) is 1.10. The maximum atomic E-state index is 14.2. The molecular weight excluding hydrogens is 400 g/mol. The first-order valence-electron chi connectivity index (χ1n) is 10.8. The number of Topliss-reactive ketones (excluding diaryl/α,β-unsaturated/α-hetero) is 1. The molecule has 8 heteroatoms. The average molecular weight is 433 g/mol. The van der Waals surface area contributed by atoms with Crippen LogP contribution < -0.4 is 14.4 Å². The molecule has 2 saturated heterocycles. The highest BCUT2D eigenvalue weighted by molar-refractivity contribution is 6.07. The van der Waals surface area contributed by atoms with Crippen LogP contribution in [0.5, 0.6) is 11.5 Å². The lowest BCUT2D eigenvalue weighted by Gasteiger charge is -2.51. The molecule has 0 aromatic heterocycles. The maximum absolute atomic E-state index is 14.2. The second kappa shape index (κ2) is 7.46. The molecule has 5 rings (SSSR count). The molecule has 3 aliphatic heterocycles. The number of amides is 1. The minimum Gasteiger partial charge on any atom is -0.493 e. The van der Waals surface area contributed by atoms with E-state index in [9.17, 15) is 19.8 Å². The highest BCUT2D eigenvalue weighted by Crippen LogP contribution is 2.59. The van der Waals surface area contributed by atoms with Gasteiger partial charge in [0.25, 0.3) is 0 Å². The number of aliphatic hydroxyl groups excluding tert-OH is 1. The standard InChI is InChI=1S/C23H32N2O6/c1-13(26)23(29)15-6-8-24(3)9-7-22(21(23)28)16-11-18(30-4)19(31-5)12-17(16)25(14(2)27)20(22)10-15/h11-13,15,20,26,29H,6-10H2,1-5H3/t13?,15-,20-,22-,23?/m0/s1. The lowest BCUT2D eigenvalue weighted by molar-refractivity contribution is -0.175. The van der Waals surface area contributed by atoms with Gasteiger partial charge < -0.3 is 29.5 Å². The van der Waals surface area contributed by atoms with E-state index in [1.807, 2.05) is 7.05 Å². The highest BCUT2D eigenvalue weighted by Gasteiger charge is 2.68. The third-order valence-corrected chi connectivity index (χ3v) is 7.74. The smallest absolute Gasteiger partial charge is 0.224 e. The van der Waals surface area contributed by atoms with E-state index in [0.29, 0.717) is 55.1 Å². The molecule has 31 heavy (non-hydrogen) atoms. The second-order valence-corrected chi connectivity index (χ2v) is 9.21. The molecule has 0 radical (unpaired) electrons. The molecule has 2 N–H and O–H groups in total. The quantitative estimate of drug-likeness (QED) is 0.738. The molecule has 2 bridgehead atoms. The zero-order valence-corrected chi connectivity index (χ0v) is 18.8. The van der Waals surface area contributed by atoms with Crippen LogP contribution >= 0.6 is 0 Å². The predicted molar refractivity (Wildman–Crippen MR) is 115 cm³/mol. The molecule has 1 saturated carbocycles. The van der Waals surface area contributed by atoms with Crippen LogP contribution in [0.3, 0.4) is 0 Å². The van der Waals surface area contributed by atoms with Crippen molar-refractivity contribution in [1.82, 2.24) is 4.90 Å². The Kier molecular flexibility index (Phi) is 5.31. The fourth-order valence-corrected chi connectivity index (χ4v) is 6.09. The summed E-state index contributed by atoms with van der Waals surface area (Å²) >= 11 is 0. The van der Waals surface area contributed by atoms with E-state index in [1.165, 1.54) is 28.1 Å². The van der Waals surface area contributed by atoms with Gasteiger partial charge in [-0.2, -0.15) is 0 Å². The second-order valence-electron chi connectivity index (χ2n) is 9.21. The highest BCUT2D eigenvalue weighted by atomic mass is 16.5. The topological polar surface area (TPSA) is 99.5 Å². The van der Waals surface area contributed by atoms with Crippen LogP contribution in [0.15, 0.2) is 12.1 Å². The van der Waals surface area contributed by atoms with Gasteiger partial charge in [-0.25, -0.2) is 0 Å². The van der Waals surface area contributed by atoms with Crippen LogP contribution in [0.25, 0.3) is 0 Å². The number of hydrogen-bond acceptors (Lipinski definition) is 7. The van der Waals surface area contributed by atoms with Crippen molar-refractivity contribution >= 4 is 17.4 Å². The van der Waals surface area contributed by atoms with E-state index >= 15 is 0 Å². The number of ether oxygens (including phenoxy) is 2. The summed E-state index contributed by atoms with van der Waals surface area (Å²) in [7, 11) is 5.05. The van der Waals surface area contributed by atoms with Gasteiger partial charge in [-0.1, -0.05) is 0 Å². The number of aliphatic hydroxyl groups is 2. The Bertz CT molecular complexity index is 918. The Morgan fingerprint density at radius 3 is 2.45 bits per heavy atom. The first kappa shape index (κ1) is 22.0. The lowest BCUT2D eigenvalue weighted by atomic mass is 9.55. The summed E-state index contributed by atoms with van der Waals surface area (Å²) in [4.78, 5) is 30.9. The molecule has 3 fully saturated rings. The largest absolute Gasteiger partial charge is 0.493 e. The first-order valence-corrected chi connectivity index (χ1v) is 10.8. The van der Waals surface area contributed by atoms with Gasteiger partial charge in [0.1, 0.15) is 0 Å². The molecule has 4 aliphatic rings. The molecule has 1 amide bonds. The summed E-state index contributed by atoms with van der Waals surface area (Å²) < 4.78 is 11.0. The van der Waals surface area contributed by atoms with E-state index in [4.69, 9.17) is 9.47 Å². The molecule has 170 valence electrons. The van der Waals surface area contributed by atoms with E-state index in [1.54, 1.807) is 17.0 Å². The number of ketones is 1. The minimum absolute atomic E-state index is 0.165. The minimum atomic E-state index is -1.88. The van der Waals surface area contributed by atoms with E-state index in [-0.39, 0.29) is 5.91 Å². The third-order valence-electron chi connectivity index (χ3n) is 7.74. The number of rotatable bonds is 3. The summed E-state index contributed by atoms with van der Waals surface area (Å²) in [5.74, 6) is -0.0896. The van der Waals surface area contributed by atoms with Crippen molar-refractivity contribution in [3.05, 3.63) is 17.7 Å². The fraction of sp³-hybridized carbons (Fsp3) is 0.652. The van der Waals surface area contributed by atoms with Gasteiger partial charge in [-0.3, -0.25) is 9.59 Å². The van der Waals surface area contributed by atoms with Crippen molar-refractivity contribution in [2.45, 2.75) is 56.3 Å². The summed E-state index contributed by atoms with van der Waals surface area (Å²) in [5, 5.41) is 22.3. The van der Waals surface area contributed by atoms with Gasteiger partial charge in [-0.15, -0.1) is 0 Å². The fourth-order valence-electron chi connectivity index (χ4n) is 6.09. The third kappa shape index (κ3) is 2.84. The molecule has 2 unspecified atom stereocenters. The number of hydrogen-bond donors (Lipinski definition) is 2. The van der Waals surface area contributed by atoms with Crippen molar-refractivity contribution in [2.24, 2.45) is 5.92 Å². The zero-order valence-electron chi connectivity index (χ0n) is 18.8. The van der Waals surface area contributed by atoms with Crippen molar-refractivity contribution in [1.29, 1.82) is 0 Å². The number of carbonyl (C=O) groups excluding carboxylic acids is 2. The first-order chi connectivity index (χ1) is 14.6. The van der Waals surface area contributed by atoms with Crippen molar-refractivity contribution in [3.63, 3.8) is 0 Å². The number of fused-ring (bicyclic) bond motifs is 6. The summed E-state index contributed by atoms with van der Waals surface area (Å²) in [6.07, 6.45) is 0.201. The Hall–Kier alpha value is -2.16. The number of benzene rings is 1. The van der Waals surface area contributed by atoms with Gasteiger partial charge in [0.05, 0.1) is 37.5 Å². The SMILES string of the molecule is COc1cc2c(cc1OC)[C@@]13CCN(C)CC[C@@H](C[C@@H]1N2C(C)=O)C(O)(C(C)O)C3=O. The van der Waals surface area contributed by atoms with Crippen molar-refractivity contribution in [3.8, 4) is 11.5 Å². The molecule has 1 aliphatic carbocycles. The molecule has 1 aromatic carbocycles. The number of anilines is 1. The number of carbonyl (C=O) groups is 2. The van der Waals surface area contributed by atoms with Crippen LogP contribution in [0.2, 0.25) is 0 Å². The summed E-state index contributed by atoms with van der Waals surface area (Å²) in [6, 6.07) is 3.08. The number of nitrogens with zero attached hydrogens (tertiary/aromatic N) is 2. The van der Waals surface area contributed by atoms with Gasteiger partial charge in [0, 0.05) is 18.9 Å². The average Bonchev–Trinajstić information content (AvgIpc) is 3.05. The Balaban J connectivity index is 2.04. The molecule has 1 aromatic rings. The zero-order chi connectivity index (χ0) is 22.7. The van der Waals surface area contributed by atoms with Crippen LogP contribution in [0.1, 0.15) is 38.7 Å². The van der Waals surface area contributed by atoms with Crippen LogP contribution in [0, 0.1) is 5.92 Å². The van der Waals surface area contributed by atoms with Crippen molar-refractivity contribution in [2.75, 3.05) is 39.3 Å². The maximum Gasteiger partial charge on any atom is 0.224 e. The van der Waals surface area contributed by atoms with E-state index < -0.39 is 34.9 Å². The number of methoxy groups -OCH3 is 2. The lowest BCUT2D eigenvalue weighted by Crippen LogP contribution is -2.69. The van der Waals surface area contributed by atoms with Gasteiger partial charge >= 0.3 is 0 Å². The van der Waals surface area contributed by atoms with Gasteiger partial charge in [0.2, 0.25) is 5.91 Å². The Morgan fingerprint density at radius 1 is 1.23 bits per heavy atom. The normalized spacial score (nSPS) is 33.8.